The minimum Gasteiger partial charge on any atom is -0.394 e. The Morgan fingerprint density at radius 2 is 1.67 bits per heavy atom. The van der Waals surface area contributed by atoms with E-state index >= 15 is 0 Å². The van der Waals surface area contributed by atoms with Crippen molar-refractivity contribution in [1.29, 1.82) is 0 Å². The molecule has 2 atom stereocenters. The molecule has 1 N–H and O–H groups in total. The van der Waals surface area contributed by atoms with Crippen molar-refractivity contribution in [2.24, 2.45) is 5.92 Å². The van der Waals surface area contributed by atoms with Gasteiger partial charge in [-0.3, -0.25) is 4.79 Å². The third-order valence-corrected chi connectivity index (χ3v) is 5.33. The Morgan fingerprint density at radius 1 is 1.04 bits per heavy atom. The van der Waals surface area contributed by atoms with Crippen LogP contribution in [0.5, 0.6) is 0 Å². The van der Waals surface area contributed by atoms with Crippen LogP contribution < -0.4 is 0 Å². The Morgan fingerprint density at radius 3 is 2.19 bits per heavy atom. The van der Waals surface area contributed by atoms with Crippen LogP contribution in [-0.2, 0) is 9.53 Å². The fourth-order valence-corrected chi connectivity index (χ4v) is 3.58. The lowest BCUT2D eigenvalue weighted by Crippen LogP contribution is -2.51. The first-order valence-corrected chi connectivity index (χ1v) is 9.81. The summed E-state index contributed by atoms with van der Waals surface area (Å²) in [6, 6.07) is 16.7. The predicted octanol–water partition coefficient (Wildman–Crippen LogP) is 4.35. The first kappa shape index (κ1) is 20.2. The Hall–Kier alpha value is -1.59. The van der Waals surface area contributed by atoms with Crippen LogP contribution in [0.4, 0.5) is 0 Å². The molecule has 6 heteroatoms. The molecule has 2 aromatic rings. The molecule has 1 aliphatic carbocycles. The summed E-state index contributed by atoms with van der Waals surface area (Å²) < 4.78 is 5.40. The van der Waals surface area contributed by atoms with Crippen molar-refractivity contribution in [1.82, 2.24) is 4.90 Å². The topological polar surface area (TPSA) is 49.8 Å². The second-order valence-electron chi connectivity index (χ2n) is 6.77. The van der Waals surface area contributed by atoms with Gasteiger partial charge in [-0.15, -0.1) is 0 Å². The fourth-order valence-electron chi connectivity index (χ4n) is 3.30. The third kappa shape index (κ3) is 5.45. The average Bonchev–Trinajstić information content (AvgIpc) is 3.51. The van der Waals surface area contributed by atoms with Crippen molar-refractivity contribution in [3.63, 3.8) is 0 Å². The number of carbonyl (C=O) groups is 1. The molecule has 2 aromatic carbocycles. The number of carbonyl (C=O) groups excluding carboxylic acids is 1. The molecule has 1 unspecified atom stereocenters. The molecule has 1 aliphatic heterocycles. The number of aliphatic hydroxyl groups excluding tert-OH is 1. The van der Waals surface area contributed by atoms with Gasteiger partial charge < -0.3 is 14.7 Å². The first-order valence-electron chi connectivity index (χ1n) is 9.06. The molecule has 2 aliphatic rings. The van der Waals surface area contributed by atoms with Crippen LogP contribution in [0.15, 0.2) is 54.6 Å². The zero-order chi connectivity index (χ0) is 19.2. The zero-order valence-electron chi connectivity index (χ0n) is 14.9. The normalized spacial score (nSPS) is 20.6. The molecule has 144 valence electrons. The van der Waals surface area contributed by atoms with Gasteiger partial charge in [0, 0.05) is 10.0 Å². The van der Waals surface area contributed by atoms with Crippen LogP contribution in [0.2, 0.25) is 10.0 Å². The molecule has 0 radical (unpaired) electrons. The van der Waals surface area contributed by atoms with Crippen molar-refractivity contribution in [2.75, 3.05) is 19.8 Å². The van der Waals surface area contributed by atoms with Gasteiger partial charge >= 0.3 is 0 Å². The summed E-state index contributed by atoms with van der Waals surface area (Å²) >= 11 is 11.5. The lowest BCUT2D eigenvalue weighted by Gasteiger charge is -2.41. The molecular weight excluding hydrogens is 385 g/mol. The molecular formula is C21H23Cl2NO3. The van der Waals surface area contributed by atoms with E-state index in [4.69, 9.17) is 27.9 Å². The number of amides is 1. The van der Waals surface area contributed by atoms with E-state index in [2.05, 4.69) is 0 Å². The van der Waals surface area contributed by atoms with E-state index in [1.807, 2.05) is 59.5 Å². The number of benzene rings is 2. The highest BCUT2D eigenvalue weighted by atomic mass is 35.5. The van der Waals surface area contributed by atoms with Gasteiger partial charge in [0.2, 0.25) is 5.91 Å². The second kappa shape index (κ2) is 9.56. The van der Waals surface area contributed by atoms with Gasteiger partial charge in [0.1, 0.15) is 6.61 Å². The van der Waals surface area contributed by atoms with Crippen molar-refractivity contribution < 1.29 is 14.6 Å². The molecule has 1 heterocycles. The Kier molecular flexibility index (Phi) is 7.13. The maximum absolute atomic E-state index is 12.2. The number of aliphatic hydroxyl groups is 1. The molecule has 1 amide bonds. The monoisotopic (exact) mass is 407 g/mol. The minimum atomic E-state index is -0.133. The highest BCUT2D eigenvalue weighted by molar-refractivity contribution is 6.30. The maximum atomic E-state index is 12.2. The molecule has 0 spiro atoms. The minimum absolute atomic E-state index is 0.0144. The third-order valence-electron chi connectivity index (χ3n) is 4.82. The second-order valence-corrected chi connectivity index (χ2v) is 7.64. The summed E-state index contributed by atoms with van der Waals surface area (Å²) in [6.07, 6.45) is 2.17. The van der Waals surface area contributed by atoms with Gasteiger partial charge in [-0.05, 0) is 48.6 Å². The lowest BCUT2D eigenvalue weighted by atomic mass is 10.0. The van der Waals surface area contributed by atoms with Gasteiger partial charge in [-0.1, -0.05) is 53.5 Å². The summed E-state index contributed by atoms with van der Waals surface area (Å²) in [5.41, 5.74) is 1.00. The van der Waals surface area contributed by atoms with Crippen LogP contribution in [0.25, 0.3) is 0 Å². The lowest BCUT2D eigenvalue weighted by molar-refractivity contribution is -0.154. The number of rotatable bonds is 4. The highest BCUT2D eigenvalue weighted by Gasteiger charge is 2.42. The van der Waals surface area contributed by atoms with E-state index in [9.17, 15) is 9.90 Å². The number of morpholine rings is 1. The molecule has 0 aromatic heterocycles. The van der Waals surface area contributed by atoms with Gasteiger partial charge in [0.25, 0.3) is 0 Å². The molecule has 2 fully saturated rings. The Balaban J connectivity index is 0.000000253. The molecule has 4 rings (SSSR count). The summed E-state index contributed by atoms with van der Waals surface area (Å²) in [5, 5.41) is 11.1. The summed E-state index contributed by atoms with van der Waals surface area (Å²) in [4.78, 5) is 14.1. The standard InChI is InChI=1S/C15H18ClNO3.C6H5Cl/c16-12-5-3-11(4-6-12)14-8-20-9-15(19)17(14)13(7-18)10-1-2-10;7-6-4-2-1-3-5-6/h3-6,10,13-14,18H,1-2,7-9H2;1-5H/t13?,14-;/m0./s1. The van der Waals surface area contributed by atoms with Gasteiger partial charge in [-0.25, -0.2) is 0 Å². The summed E-state index contributed by atoms with van der Waals surface area (Å²) in [7, 11) is 0. The number of hydrogen-bond donors (Lipinski definition) is 1. The van der Waals surface area contributed by atoms with E-state index in [-0.39, 0.29) is 31.2 Å². The van der Waals surface area contributed by atoms with Crippen LogP contribution >= 0.6 is 23.2 Å². The average molecular weight is 408 g/mol. The SMILES string of the molecule is Clc1ccccc1.O=C1COC[C@@H](c2ccc(Cl)cc2)N1C(CO)C1CC1. The van der Waals surface area contributed by atoms with Crippen LogP contribution in [0.3, 0.4) is 0 Å². The van der Waals surface area contributed by atoms with Gasteiger partial charge in [0.15, 0.2) is 0 Å². The zero-order valence-corrected chi connectivity index (χ0v) is 16.4. The molecule has 0 bridgehead atoms. The van der Waals surface area contributed by atoms with Crippen molar-refractivity contribution in [3.8, 4) is 0 Å². The maximum Gasteiger partial charge on any atom is 0.249 e. The fraction of sp³-hybridized carbons (Fsp3) is 0.381. The van der Waals surface area contributed by atoms with E-state index in [1.54, 1.807) is 0 Å². The first-order chi connectivity index (χ1) is 13.1. The smallest absolute Gasteiger partial charge is 0.249 e. The van der Waals surface area contributed by atoms with E-state index in [1.165, 1.54) is 0 Å². The van der Waals surface area contributed by atoms with Gasteiger partial charge in [-0.2, -0.15) is 0 Å². The number of hydrogen-bond acceptors (Lipinski definition) is 3. The Labute approximate surface area is 169 Å². The van der Waals surface area contributed by atoms with Crippen molar-refractivity contribution in [2.45, 2.75) is 24.9 Å². The largest absolute Gasteiger partial charge is 0.394 e. The highest BCUT2D eigenvalue weighted by Crippen LogP contribution is 2.39. The van der Waals surface area contributed by atoms with Crippen LogP contribution in [0.1, 0.15) is 24.4 Å². The van der Waals surface area contributed by atoms with Crippen molar-refractivity contribution >= 4 is 29.1 Å². The quantitative estimate of drug-likeness (QED) is 0.819. The molecule has 1 saturated heterocycles. The van der Waals surface area contributed by atoms with E-state index in [0.29, 0.717) is 17.5 Å². The summed E-state index contributed by atoms with van der Waals surface area (Å²) in [5.74, 6) is 0.388. The number of ether oxygens (including phenoxy) is 1. The number of halogens is 2. The van der Waals surface area contributed by atoms with Gasteiger partial charge in [0.05, 0.1) is 25.3 Å². The molecule has 27 heavy (non-hydrogen) atoms. The molecule has 1 saturated carbocycles. The molecule has 4 nitrogen and oxygen atoms in total. The predicted molar refractivity (Wildman–Crippen MR) is 107 cm³/mol. The van der Waals surface area contributed by atoms with Crippen molar-refractivity contribution in [3.05, 3.63) is 70.2 Å². The summed E-state index contributed by atoms with van der Waals surface area (Å²) in [6.45, 7) is 0.588. The van der Waals surface area contributed by atoms with Crippen LogP contribution in [-0.4, -0.2) is 41.8 Å². The number of nitrogens with zero attached hydrogens (tertiary/aromatic N) is 1. The Bertz CT molecular complexity index is 735. The van der Waals surface area contributed by atoms with Crippen LogP contribution in [0, 0.1) is 5.92 Å². The van der Waals surface area contributed by atoms with E-state index in [0.717, 1.165) is 23.4 Å². The van der Waals surface area contributed by atoms with E-state index < -0.39 is 0 Å².